The van der Waals surface area contributed by atoms with E-state index in [0.29, 0.717) is 13.0 Å². The van der Waals surface area contributed by atoms with E-state index in [4.69, 9.17) is 5.73 Å². The van der Waals surface area contributed by atoms with Crippen LogP contribution in [-0.2, 0) is 14.8 Å². The van der Waals surface area contributed by atoms with Crippen molar-refractivity contribution in [2.24, 2.45) is 5.73 Å². The molecule has 0 aliphatic heterocycles. The molecule has 1 rings (SSSR count). The minimum absolute atomic E-state index is 0. The number of nitrogens with two attached hydrogens (primary N) is 1. The second-order valence-electron chi connectivity index (χ2n) is 3.53. The van der Waals surface area contributed by atoms with E-state index in [0.717, 1.165) is 0 Å². The van der Waals surface area contributed by atoms with Gasteiger partial charge in [-0.2, -0.15) is 0 Å². The minimum Gasteiger partial charge on any atom is -0.465 e. The Morgan fingerprint density at radius 3 is 2.58 bits per heavy atom. The van der Waals surface area contributed by atoms with Crippen LogP contribution in [0.25, 0.3) is 0 Å². The molecule has 1 aromatic carbocycles. The maximum Gasteiger partial charge on any atom is 0.339 e. The van der Waals surface area contributed by atoms with Gasteiger partial charge in [0.2, 0.25) is 10.0 Å². The number of benzene rings is 1. The van der Waals surface area contributed by atoms with E-state index < -0.39 is 16.0 Å². The zero-order chi connectivity index (χ0) is 13.6. The summed E-state index contributed by atoms with van der Waals surface area (Å²) in [5.41, 5.74) is 5.30. The number of hydrogen-bond donors (Lipinski definition) is 2. The highest BCUT2D eigenvalue weighted by Gasteiger charge is 2.21. The van der Waals surface area contributed by atoms with Gasteiger partial charge >= 0.3 is 5.97 Å². The number of nitrogens with one attached hydrogen (secondary N) is 1. The lowest BCUT2D eigenvalue weighted by atomic mass is 10.2. The number of carbonyl (C=O) groups is 1. The summed E-state index contributed by atoms with van der Waals surface area (Å²) in [5, 5.41) is 0. The van der Waals surface area contributed by atoms with Crippen LogP contribution in [0.5, 0.6) is 0 Å². The highest BCUT2D eigenvalue weighted by Crippen LogP contribution is 2.16. The molecule has 3 N–H and O–H groups in total. The monoisotopic (exact) mass is 308 g/mol. The Kier molecular flexibility index (Phi) is 7.62. The van der Waals surface area contributed by atoms with Gasteiger partial charge in [0.25, 0.3) is 0 Å². The molecule has 0 fully saturated rings. The lowest BCUT2D eigenvalue weighted by Crippen LogP contribution is -2.27. The van der Waals surface area contributed by atoms with Crippen molar-refractivity contribution in [2.75, 3.05) is 20.2 Å². The lowest BCUT2D eigenvalue weighted by molar-refractivity contribution is 0.0596. The first kappa shape index (κ1) is 17.8. The van der Waals surface area contributed by atoms with Gasteiger partial charge in [-0.15, -0.1) is 12.4 Å². The molecule has 0 unspecified atom stereocenters. The Morgan fingerprint density at radius 1 is 1.37 bits per heavy atom. The van der Waals surface area contributed by atoms with Crippen LogP contribution in [0, 0.1) is 0 Å². The van der Waals surface area contributed by atoms with Crippen molar-refractivity contribution in [2.45, 2.75) is 11.3 Å². The van der Waals surface area contributed by atoms with Crippen LogP contribution in [0.3, 0.4) is 0 Å². The van der Waals surface area contributed by atoms with Gasteiger partial charge in [-0.25, -0.2) is 17.9 Å². The van der Waals surface area contributed by atoms with Gasteiger partial charge in [0, 0.05) is 6.54 Å². The average Bonchev–Trinajstić information content (AvgIpc) is 2.38. The quantitative estimate of drug-likeness (QED) is 0.590. The van der Waals surface area contributed by atoms with Crippen LogP contribution in [0.2, 0.25) is 0 Å². The first-order valence-corrected chi connectivity index (χ1v) is 6.88. The van der Waals surface area contributed by atoms with E-state index in [-0.39, 0.29) is 29.4 Å². The van der Waals surface area contributed by atoms with Crippen LogP contribution in [0.1, 0.15) is 16.8 Å². The zero-order valence-electron chi connectivity index (χ0n) is 10.5. The van der Waals surface area contributed by atoms with Gasteiger partial charge in [0.05, 0.1) is 17.6 Å². The van der Waals surface area contributed by atoms with Crippen LogP contribution in [-0.4, -0.2) is 34.6 Å². The third-order valence-corrected chi connectivity index (χ3v) is 3.77. The fourth-order valence-corrected chi connectivity index (χ4v) is 2.63. The van der Waals surface area contributed by atoms with Crippen molar-refractivity contribution in [3.63, 3.8) is 0 Å². The number of hydrogen-bond acceptors (Lipinski definition) is 5. The van der Waals surface area contributed by atoms with E-state index in [9.17, 15) is 13.2 Å². The molecule has 19 heavy (non-hydrogen) atoms. The molecule has 0 heterocycles. The maximum absolute atomic E-state index is 12.0. The van der Waals surface area contributed by atoms with E-state index in [1.807, 2.05) is 0 Å². The summed E-state index contributed by atoms with van der Waals surface area (Å²) in [6, 6.07) is 5.88. The topological polar surface area (TPSA) is 98.5 Å². The third-order valence-electron chi connectivity index (χ3n) is 2.25. The normalized spacial score (nSPS) is 10.6. The van der Waals surface area contributed by atoms with Crippen molar-refractivity contribution in [3.8, 4) is 0 Å². The van der Waals surface area contributed by atoms with E-state index in [2.05, 4.69) is 9.46 Å². The molecule has 0 bridgehead atoms. The van der Waals surface area contributed by atoms with Crippen molar-refractivity contribution in [3.05, 3.63) is 29.8 Å². The number of esters is 1. The van der Waals surface area contributed by atoms with Gasteiger partial charge < -0.3 is 10.5 Å². The summed E-state index contributed by atoms with van der Waals surface area (Å²) in [4.78, 5) is 11.4. The molecule has 0 amide bonds. The van der Waals surface area contributed by atoms with Gasteiger partial charge in [-0.05, 0) is 25.1 Å². The van der Waals surface area contributed by atoms with Gasteiger partial charge in [-0.3, -0.25) is 0 Å². The number of methoxy groups -OCH3 is 1. The van der Waals surface area contributed by atoms with E-state index >= 15 is 0 Å². The number of ether oxygens (including phenoxy) is 1. The van der Waals surface area contributed by atoms with Crippen LogP contribution in [0.15, 0.2) is 29.2 Å². The second kappa shape index (κ2) is 8.11. The van der Waals surface area contributed by atoms with E-state index in [1.54, 1.807) is 12.1 Å². The van der Waals surface area contributed by atoms with Crippen molar-refractivity contribution < 1.29 is 17.9 Å². The third kappa shape index (κ3) is 4.79. The van der Waals surface area contributed by atoms with Crippen LogP contribution >= 0.6 is 12.4 Å². The average molecular weight is 309 g/mol. The number of rotatable bonds is 6. The molecule has 0 saturated heterocycles. The van der Waals surface area contributed by atoms with Crippen LogP contribution < -0.4 is 10.5 Å². The Hall–Kier alpha value is -1.15. The Morgan fingerprint density at radius 2 is 2.00 bits per heavy atom. The molecular formula is C11H17ClN2O4S. The first-order valence-electron chi connectivity index (χ1n) is 5.40. The summed E-state index contributed by atoms with van der Waals surface area (Å²) < 4.78 is 30.9. The number of carbonyl (C=O) groups excluding carboxylic acids is 1. The summed E-state index contributed by atoms with van der Waals surface area (Å²) in [6.07, 6.45) is 0.527. The Balaban J connectivity index is 0.00000324. The summed E-state index contributed by atoms with van der Waals surface area (Å²) >= 11 is 0. The summed E-state index contributed by atoms with van der Waals surface area (Å²) in [7, 11) is -2.52. The van der Waals surface area contributed by atoms with Gasteiger partial charge in [0.1, 0.15) is 0 Å². The Bertz CT molecular complexity index is 519. The molecule has 108 valence electrons. The molecule has 0 aliphatic carbocycles. The van der Waals surface area contributed by atoms with Crippen molar-refractivity contribution >= 4 is 28.4 Å². The smallest absolute Gasteiger partial charge is 0.339 e. The van der Waals surface area contributed by atoms with Gasteiger partial charge in [0.15, 0.2) is 0 Å². The predicted octanol–water partition coefficient (Wildman–Crippen LogP) is 0.522. The second-order valence-corrected chi connectivity index (χ2v) is 5.26. The highest BCUT2D eigenvalue weighted by atomic mass is 35.5. The molecule has 6 nitrogen and oxygen atoms in total. The van der Waals surface area contributed by atoms with Crippen molar-refractivity contribution in [1.29, 1.82) is 0 Å². The molecule has 0 atom stereocenters. The number of halogens is 1. The molecule has 8 heteroatoms. The molecule has 0 radical (unpaired) electrons. The molecular weight excluding hydrogens is 292 g/mol. The molecule has 0 spiro atoms. The SMILES string of the molecule is COC(=O)c1ccccc1S(=O)(=O)NCCCN.Cl. The summed E-state index contributed by atoms with van der Waals surface area (Å²) in [5.74, 6) is -0.685. The predicted molar refractivity (Wildman–Crippen MR) is 73.9 cm³/mol. The summed E-state index contributed by atoms with van der Waals surface area (Å²) in [6.45, 7) is 0.621. The fourth-order valence-electron chi connectivity index (χ4n) is 1.37. The molecule has 0 aliphatic rings. The zero-order valence-corrected chi connectivity index (χ0v) is 12.1. The van der Waals surface area contributed by atoms with Crippen molar-refractivity contribution in [1.82, 2.24) is 4.72 Å². The standard InChI is InChI=1S/C11H16N2O4S.ClH/c1-17-11(14)9-5-2-3-6-10(9)18(15,16)13-8-4-7-12;/h2-3,5-6,13H,4,7-8,12H2,1H3;1H. The van der Waals surface area contributed by atoms with E-state index in [1.165, 1.54) is 19.2 Å². The van der Waals surface area contributed by atoms with Gasteiger partial charge in [-0.1, -0.05) is 12.1 Å². The molecule has 0 aromatic heterocycles. The van der Waals surface area contributed by atoms with Crippen LogP contribution in [0.4, 0.5) is 0 Å². The Labute approximate surface area is 118 Å². The number of sulfonamides is 1. The highest BCUT2D eigenvalue weighted by molar-refractivity contribution is 7.89. The molecule has 0 saturated carbocycles. The fraction of sp³-hybridized carbons (Fsp3) is 0.364. The molecule has 1 aromatic rings. The largest absolute Gasteiger partial charge is 0.465 e. The first-order chi connectivity index (χ1) is 8.53. The lowest BCUT2D eigenvalue weighted by Gasteiger charge is -2.09. The minimum atomic E-state index is -3.72. The maximum atomic E-state index is 12.0.